The highest BCUT2D eigenvalue weighted by Crippen LogP contribution is 2.37. The number of benzene rings is 3. The van der Waals surface area contributed by atoms with Crippen molar-refractivity contribution in [1.29, 1.82) is 0 Å². The van der Waals surface area contributed by atoms with E-state index in [2.05, 4.69) is 61.2 Å². The van der Waals surface area contributed by atoms with Crippen LogP contribution in [-0.2, 0) is 11.4 Å². The molecule has 8 heteroatoms. The van der Waals surface area contributed by atoms with Crippen LogP contribution in [0, 0.1) is 13.8 Å². The molecule has 0 aliphatic carbocycles. The van der Waals surface area contributed by atoms with Gasteiger partial charge in [0.25, 0.3) is 5.91 Å². The maximum Gasteiger partial charge on any atom is 0.264 e. The van der Waals surface area contributed by atoms with Crippen molar-refractivity contribution in [1.82, 2.24) is 5.32 Å². The van der Waals surface area contributed by atoms with E-state index < -0.39 is 0 Å². The number of carbonyl (C=O) groups excluding carboxylic acids is 1. The van der Waals surface area contributed by atoms with Gasteiger partial charge in [-0.25, -0.2) is 4.99 Å². The summed E-state index contributed by atoms with van der Waals surface area (Å²) in [5.74, 6) is 0.520. The van der Waals surface area contributed by atoms with Crippen LogP contribution >= 0.6 is 55.2 Å². The molecular formula is C25H19Br2ClN2O2S. The van der Waals surface area contributed by atoms with Gasteiger partial charge in [0, 0.05) is 5.02 Å². The molecular weight excluding hydrogens is 588 g/mol. The Morgan fingerprint density at radius 2 is 1.82 bits per heavy atom. The number of halogens is 3. The Morgan fingerprint density at radius 3 is 2.55 bits per heavy atom. The van der Waals surface area contributed by atoms with Gasteiger partial charge in [-0.15, -0.1) is 0 Å². The lowest BCUT2D eigenvalue weighted by atomic mass is 10.1. The predicted octanol–water partition coefficient (Wildman–Crippen LogP) is 7.95. The zero-order valence-electron chi connectivity index (χ0n) is 17.8. The number of nitrogens with zero attached hydrogens (tertiary/aromatic N) is 1. The number of amides is 1. The molecule has 168 valence electrons. The molecule has 0 atom stereocenters. The van der Waals surface area contributed by atoms with Crippen molar-refractivity contribution in [2.45, 2.75) is 20.5 Å². The van der Waals surface area contributed by atoms with Gasteiger partial charge < -0.3 is 10.1 Å². The topological polar surface area (TPSA) is 50.7 Å². The molecule has 0 unspecified atom stereocenters. The Kier molecular flexibility index (Phi) is 7.64. The maximum absolute atomic E-state index is 12.5. The molecule has 0 saturated carbocycles. The molecule has 1 amide bonds. The van der Waals surface area contributed by atoms with Crippen molar-refractivity contribution >= 4 is 78.1 Å². The number of ether oxygens (including phenoxy) is 1. The number of nitrogens with one attached hydrogen (secondary N) is 1. The van der Waals surface area contributed by atoms with Gasteiger partial charge in [0.2, 0.25) is 0 Å². The van der Waals surface area contributed by atoms with Gasteiger partial charge in [0.15, 0.2) is 5.17 Å². The first-order chi connectivity index (χ1) is 15.8. The van der Waals surface area contributed by atoms with Gasteiger partial charge in [0.05, 0.1) is 19.5 Å². The molecule has 33 heavy (non-hydrogen) atoms. The van der Waals surface area contributed by atoms with E-state index in [9.17, 15) is 4.79 Å². The minimum absolute atomic E-state index is 0.189. The third-order valence-corrected chi connectivity index (χ3v) is 7.39. The molecule has 1 aliphatic rings. The number of thioether (sulfide) groups is 1. The van der Waals surface area contributed by atoms with E-state index in [1.807, 2.05) is 55.5 Å². The van der Waals surface area contributed by atoms with Crippen molar-refractivity contribution in [2.75, 3.05) is 0 Å². The summed E-state index contributed by atoms with van der Waals surface area (Å²) in [5, 5.41) is 3.98. The summed E-state index contributed by atoms with van der Waals surface area (Å²) < 4.78 is 7.62. The molecule has 4 rings (SSSR count). The highest BCUT2D eigenvalue weighted by Gasteiger charge is 2.24. The summed E-state index contributed by atoms with van der Waals surface area (Å²) in [6.45, 7) is 4.42. The molecule has 0 spiro atoms. The van der Waals surface area contributed by atoms with Gasteiger partial charge in [-0.1, -0.05) is 47.5 Å². The van der Waals surface area contributed by atoms with Crippen LogP contribution in [0.15, 0.2) is 73.4 Å². The van der Waals surface area contributed by atoms with Crippen molar-refractivity contribution in [2.24, 2.45) is 4.99 Å². The normalized spacial score (nSPS) is 15.8. The number of hydrogen-bond acceptors (Lipinski definition) is 4. The average Bonchev–Trinajstić information content (AvgIpc) is 3.09. The second-order valence-corrected chi connectivity index (χ2v) is 10.6. The summed E-state index contributed by atoms with van der Waals surface area (Å²) in [4.78, 5) is 17.6. The smallest absolute Gasteiger partial charge is 0.264 e. The molecule has 3 aromatic rings. The zero-order valence-corrected chi connectivity index (χ0v) is 22.5. The van der Waals surface area contributed by atoms with Crippen LogP contribution in [0.4, 0.5) is 5.69 Å². The Morgan fingerprint density at radius 1 is 1.09 bits per heavy atom. The van der Waals surface area contributed by atoms with Crippen LogP contribution < -0.4 is 10.1 Å². The molecule has 1 heterocycles. The molecule has 4 nitrogen and oxygen atoms in total. The Hall–Kier alpha value is -2.06. The van der Waals surface area contributed by atoms with E-state index in [4.69, 9.17) is 16.3 Å². The first-order valence-corrected chi connectivity index (χ1v) is 12.8. The third kappa shape index (κ3) is 5.90. The molecule has 3 aromatic carbocycles. The minimum Gasteiger partial charge on any atom is -0.487 e. The molecule has 1 saturated heterocycles. The number of amidine groups is 1. The van der Waals surface area contributed by atoms with Gasteiger partial charge in [-0.3, -0.25) is 4.79 Å². The fraction of sp³-hybridized carbons (Fsp3) is 0.120. The van der Waals surface area contributed by atoms with Gasteiger partial charge in [-0.05, 0) is 105 Å². The standard InChI is InChI=1S/C25H19Br2ClN2O2S/c1-14-5-3-6-16(9-14)13-32-23-18(26)10-17(11-19(23)27)12-22-24(31)30-25(33-22)29-21-8-4-7-20(28)15(21)2/h3-12H,13H2,1-2H3,(H,29,30,31)/b22-12+. The predicted molar refractivity (Wildman–Crippen MR) is 144 cm³/mol. The Balaban J connectivity index is 1.52. The second-order valence-electron chi connectivity index (χ2n) is 7.46. The molecule has 0 radical (unpaired) electrons. The zero-order chi connectivity index (χ0) is 23.5. The van der Waals surface area contributed by atoms with Crippen molar-refractivity contribution in [3.05, 3.63) is 95.7 Å². The molecule has 1 N–H and O–H groups in total. The van der Waals surface area contributed by atoms with E-state index in [1.54, 1.807) is 0 Å². The van der Waals surface area contributed by atoms with Crippen molar-refractivity contribution in [3.63, 3.8) is 0 Å². The van der Waals surface area contributed by atoms with E-state index >= 15 is 0 Å². The largest absolute Gasteiger partial charge is 0.487 e. The van der Waals surface area contributed by atoms with Crippen LogP contribution in [0.5, 0.6) is 5.75 Å². The number of aryl methyl sites for hydroxylation is 1. The maximum atomic E-state index is 12.5. The van der Waals surface area contributed by atoms with Crippen molar-refractivity contribution < 1.29 is 9.53 Å². The van der Waals surface area contributed by atoms with E-state index in [-0.39, 0.29) is 5.91 Å². The first kappa shape index (κ1) is 24.1. The molecule has 1 aliphatic heterocycles. The summed E-state index contributed by atoms with van der Waals surface area (Å²) in [5.41, 5.74) is 4.74. The summed E-state index contributed by atoms with van der Waals surface area (Å²) >= 11 is 14.7. The van der Waals surface area contributed by atoms with Crippen molar-refractivity contribution in [3.8, 4) is 5.75 Å². The molecule has 0 bridgehead atoms. The van der Waals surface area contributed by atoms with E-state index in [0.29, 0.717) is 27.5 Å². The van der Waals surface area contributed by atoms with E-state index in [0.717, 1.165) is 31.3 Å². The molecule has 1 fully saturated rings. The van der Waals surface area contributed by atoms with E-state index in [1.165, 1.54) is 17.3 Å². The summed E-state index contributed by atoms with van der Waals surface area (Å²) in [6.07, 6.45) is 1.83. The minimum atomic E-state index is -0.189. The van der Waals surface area contributed by atoms with Gasteiger partial charge >= 0.3 is 0 Å². The number of rotatable bonds is 5. The lowest BCUT2D eigenvalue weighted by Crippen LogP contribution is -2.19. The third-order valence-electron chi connectivity index (χ3n) is 4.90. The number of aliphatic imine (C=N–C) groups is 1. The van der Waals surface area contributed by atoms with Gasteiger partial charge in [-0.2, -0.15) is 0 Å². The van der Waals surface area contributed by atoms with Crippen LogP contribution in [0.1, 0.15) is 22.3 Å². The van der Waals surface area contributed by atoms with Crippen LogP contribution in [-0.4, -0.2) is 11.1 Å². The van der Waals surface area contributed by atoms with Crippen LogP contribution in [0.25, 0.3) is 6.08 Å². The van der Waals surface area contributed by atoms with Crippen LogP contribution in [0.2, 0.25) is 5.02 Å². The monoisotopic (exact) mass is 604 g/mol. The Bertz CT molecular complexity index is 1280. The lowest BCUT2D eigenvalue weighted by Gasteiger charge is -2.12. The number of hydrogen-bond donors (Lipinski definition) is 1. The fourth-order valence-electron chi connectivity index (χ4n) is 3.22. The SMILES string of the molecule is Cc1cccc(COc2c(Br)cc(/C=C3/SC(=Nc4cccc(Cl)c4C)NC3=O)cc2Br)c1. The summed E-state index contributed by atoms with van der Waals surface area (Å²) in [6, 6.07) is 17.6. The molecule has 0 aromatic heterocycles. The lowest BCUT2D eigenvalue weighted by molar-refractivity contribution is -0.115. The highest BCUT2D eigenvalue weighted by molar-refractivity contribution is 9.11. The number of carbonyl (C=O) groups is 1. The average molecular weight is 607 g/mol. The highest BCUT2D eigenvalue weighted by atomic mass is 79.9. The van der Waals surface area contributed by atoms with Crippen LogP contribution in [0.3, 0.4) is 0 Å². The quantitative estimate of drug-likeness (QED) is 0.300. The van der Waals surface area contributed by atoms with Gasteiger partial charge in [0.1, 0.15) is 12.4 Å². The first-order valence-electron chi connectivity index (χ1n) is 10.0. The Labute approximate surface area is 218 Å². The fourth-order valence-corrected chi connectivity index (χ4v) is 5.67. The second kappa shape index (κ2) is 10.5. The summed E-state index contributed by atoms with van der Waals surface area (Å²) in [7, 11) is 0.